The summed E-state index contributed by atoms with van der Waals surface area (Å²) in [5, 5.41) is 11.0. The van der Waals surface area contributed by atoms with E-state index in [1.807, 2.05) is 30.3 Å². The van der Waals surface area contributed by atoms with E-state index >= 15 is 0 Å². The first-order chi connectivity index (χ1) is 11.3. The van der Waals surface area contributed by atoms with Crippen molar-refractivity contribution in [1.82, 2.24) is 0 Å². The molecule has 0 saturated carbocycles. The molecule has 1 saturated heterocycles. The highest BCUT2D eigenvalue weighted by molar-refractivity contribution is 5.31. The van der Waals surface area contributed by atoms with Crippen molar-refractivity contribution in [3.8, 4) is 5.75 Å². The number of ether oxygens (including phenoxy) is 1. The molecular weight excluding hydrogens is 286 g/mol. The number of hydrogen-bond donors (Lipinski definition) is 2. The zero-order valence-electron chi connectivity index (χ0n) is 13.7. The molecule has 0 amide bonds. The zero-order valence-corrected chi connectivity index (χ0v) is 13.7. The van der Waals surface area contributed by atoms with Crippen LogP contribution in [0.1, 0.15) is 36.0 Å². The van der Waals surface area contributed by atoms with Gasteiger partial charge in [0.2, 0.25) is 0 Å². The predicted octanol–water partition coefficient (Wildman–Crippen LogP) is 2.19. The number of aliphatic hydroxyl groups excluding tert-OH is 1. The van der Waals surface area contributed by atoms with Crippen molar-refractivity contribution in [1.29, 1.82) is 0 Å². The highest BCUT2D eigenvalue weighted by Crippen LogP contribution is 2.31. The molecule has 0 aromatic heterocycles. The van der Waals surface area contributed by atoms with E-state index in [-0.39, 0.29) is 5.92 Å². The maximum atomic E-state index is 11.0. The molecule has 23 heavy (non-hydrogen) atoms. The number of aliphatic hydroxyl groups is 1. The lowest BCUT2D eigenvalue weighted by molar-refractivity contribution is -0.889. The van der Waals surface area contributed by atoms with Crippen molar-refractivity contribution in [3.63, 3.8) is 0 Å². The van der Waals surface area contributed by atoms with Gasteiger partial charge in [-0.05, 0) is 23.3 Å². The third-order valence-electron chi connectivity index (χ3n) is 4.89. The second-order valence-electron chi connectivity index (χ2n) is 6.40. The first kappa shape index (κ1) is 16.0. The van der Waals surface area contributed by atoms with Crippen LogP contribution in [0.5, 0.6) is 5.75 Å². The molecule has 3 rings (SSSR count). The molecular formula is C20H26NO2+. The Morgan fingerprint density at radius 1 is 0.957 bits per heavy atom. The van der Waals surface area contributed by atoms with Crippen molar-refractivity contribution in [2.75, 3.05) is 26.7 Å². The number of benzene rings is 2. The maximum Gasteiger partial charge on any atom is 0.118 e. The van der Waals surface area contributed by atoms with Crippen LogP contribution in [-0.2, 0) is 0 Å². The molecule has 2 N–H and O–H groups in total. The Balaban J connectivity index is 1.83. The Morgan fingerprint density at radius 3 is 2.22 bits per heavy atom. The van der Waals surface area contributed by atoms with E-state index in [0.29, 0.717) is 0 Å². The van der Waals surface area contributed by atoms with Crippen LogP contribution in [0.3, 0.4) is 0 Å². The monoisotopic (exact) mass is 312 g/mol. The first-order valence-corrected chi connectivity index (χ1v) is 8.48. The van der Waals surface area contributed by atoms with Crippen LogP contribution in [0.2, 0.25) is 0 Å². The molecule has 3 nitrogen and oxygen atoms in total. The van der Waals surface area contributed by atoms with Gasteiger partial charge in [0.1, 0.15) is 5.75 Å². The number of likely N-dealkylation sites (tertiary alicyclic amines) is 1. The summed E-state index contributed by atoms with van der Waals surface area (Å²) < 4.78 is 5.22. The lowest BCUT2D eigenvalue weighted by Gasteiger charge is -2.26. The normalized spacial score (nSPS) is 17.8. The van der Waals surface area contributed by atoms with Gasteiger partial charge in [-0.1, -0.05) is 42.5 Å². The number of methoxy groups -OCH3 is 1. The van der Waals surface area contributed by atoms with Crippen LogP contribution in [0.25, 0.3) is 0 Å². The van der Waals surface area contributed by atoms with Crippen LogP contribution in [0, 0.1) is 0 Å². The summed E-state index contributed by atoms with van der Waals surface area (Å²) in [6.45, 7) is 3.43. The van der Waals surface area contributed by atoms with E-state index < -0.39 is 6.10 Å². The maximum absolute atomic E-state index is 11.0. The van der Waals surface area contributed by atoms with Crippen LogP contribution in [-0.4, -0.2) is 31.9 Å². The molecule has 122 valence electrons. The number of quaternary nitrogens is 1. The van der Waals surface area contributed by atoms with Crippen LogP contribution in [0.15, 0.2) is 54.6 Å². The van der Waals surface area contributed by atoms with Crippen LogP contribution in [0.4, 0.5) is 0 Å². The van der Waals surface area contributed by atoms with Gasteiger partial charge >= 0.3 is 0 Å². The molecule has 0 bridgehead atoms. The van der Waals surface area contributed by atoms with Crippen LogP contribution >= 0.6 is 0 Å². The summed E-state index contributed by atoms with van der Waals surface area (Å²) >= 11 is 0. The molecule has 3 heteroatoms. The minimum Gasteiger partial charge on any atom is -0.497 e. The average molecular weight is 312 g/mol. The summed E-state index contributed by atoms with van der Waals surface area (Å²) in [6.07, 6.45) is 2.11. The van der Waals surface area contributed by atoms with Gasteiger partial charge in [-0.2, -0.15) is 0 Å². The van der Waals surface area contributed by atoms with Crippen molar-refractivity contribution >= 4 is 0 Å². The molecule has 0 aliphatic carbocycles. The molecule has 0 radical (unpaired) electrons. The fraction of sp³-hybridized carbons (Fsp3) is 0.400. The quantitative estimate of drug-likeness (QED) is 0.857. The molecule has 1 heterocycles. The Labute approximate surface area is 138 Å². The lowest BCUT2D eigenvalue weighted by Crippen LogP contribution is -3.10. The summed E-state index contributed by atoms with van der Waals surface area (Å²) in [6, 6.07) is 18.2. The lowest BCUT2D eigenvalue weighted by atomic mass is 9.88. The fourth-order valence-electron chi connectivity index (χ4n) is 3.54. The fourth-order valence-corrected chi connectivity index (χ4v) is 3.54. The predicted molar refractivity (Wildman–Crippen MR) is 91.9 cm³/mol. The highest BCUT2D eigenvalue weighted by Gasteiger charge is 2.28. The third kappa shape index (κ3) is 3.92. The van der Waals surface area contributed by atoms with E-state index in [9.17, 15) is 5.11 Å². The Hall–Kier alpha value is -1.84. The minimum absolute atomic E-state index is 0.123. The molecule has 0 spiro atoms. The average Bonchev–Trinajstić information content (AvgIpc) is 3.13. The SMILES string of the molecule is COc1ccc([C@@H](O)[C@H](C[NH+]2CCCC2)c2ccccc2)cc1. The van der Waals surface area contributed by atoms with Gasteiger partial charge in [0, 0.05) is 12.8 Å². The molecule has 2 aromatic carbocycles. The zero-order chi connectivity index (χ0) is 16.1. The smallest absolute Gasteiger partial charge is 0.118 e. The van der Waals surface area contributed by atoms with Gasteiger partial charge in [0.25, 0.3) is 0 Å². The van der Waals surface area contributed by atoms with Gasteiger partial charge < -0.3 is 14.7 Å². The summed E-state index contributed by atoms with van der Waals surface area (Å²) in [5.74, 6) is 0.945. The standard InChI is InChI=1S/C20H25NO2/c1-23-18-11-9-17(10-12-18)20(22)19(15-21-13-5-6-14-21)16-7-3-2-4-8-16/h2-4,7-12,19-20,22H,5-6,13-15H2,1H3/p+1/t19-,20-/m1/s1. The molecule has 2 aromatic rings. The second-order valence-corrected chi connectivity index (χ2v) is 6.40. The topological polar surface area (TPSA) is 33.9 Å². The highest BCUT2D eigenvalue weighted by atomic mass is 16.5. The molecule has 0 unspecified atom stereocenters. The summed E-state index contributed by atoms with van der Waals surface area (Å²) in [4.78, 5) is 1.60. The summed E-state index contributed by atoms with van der Waals surface area (Å²) in [7, 11) is 1.66. The molecule has 1 fully saturated rings. The molecule has 1 aliphatic rings. The van der Waals surface area contributed by atoms with Crippen molar-refractivity contribution in [2.24, 2.45) is 0 Å². The molecule has 1 aliphatic heterocycles. The first-order valence-electron chi connectivity index (χ1n) is 8.48. The number of nitrogens with one attached hydrogen (secondary N) is 1. The van der Waals surface area contributed by atoms with Gasteiger partial charge in [-0.3, -0.25) is 0 Å². The largest absolute Gasteiger partial charge is 0.497 e. The Morgan fingerprint density at radius 2 is 1.61 bits per heavy atom. The summed E-state index contributed by atoms with van der Waals surface area (Å²) in [5.41, 5.74) is 2.17. The molecule has 2 atom stereocenters. The van der Waals surface area contributed by atoms with Gasteiger partial charge in [0.15, 0.2) is 0 Å². The van der Waals surface area contributed by atoms with E-state index in [1.165, 1.54) is 31.5 Å². The van der Waals surface area contributed by atoms with E-state index in [1.54, 1.807) is 12.0 Å². The van der Waals surface area contributed by atoms with Gasteiger partial charge in [-0.15, -0.1) is 0 Å². The van der Waals surface area contributed by atoms with E-state index in [0.717, 1.165) is 17.9 Å². The van der Waals surface area contributed by atoms with E-state index in [4.69, 9.17) is 4.74 Å². The van der Waals surface area contributed by atoms with Crippen molar-refractivity contribution < 1.29 is 14.7 Å². The van der Waals surface area contributed by atoms with Crippen LogP contribution < -0.4 is 9.64 Å². The minimum atomic E-state index is -0.489. The second kappa shape index (κ2) is 7.62. The Bertz CT molecular complexity index is 591. The van der Waals surface area contributed by atoms with Crippen molar-refractivity contribution in [3.05, 3.63) is 65.7 Å². The third-order valence-corrected chi connectivity index (χ3v) is 4.89. The number of hydrogen-bond acceptors (Lipinski definition) is 2. The van der Waals surface area contributed by atoms with Gasteiger partial charge in [-0.25, -0.2) is 0 Å². The number of rotatable bonds is 6. The van der Waals surface area contributed by atoms with E-state index in [2.05, 4.69) is 24.3 Å². The van der Waals surface area contributed by atoms with Crippen molar-refractivity contribution in [2.45, 2.75) is 24.9 Å². The van der Waals surface area contributed by atoms with Gasteiger partial charge in [0.05, 0.1) is 38.8 Å². The Kier molecular flexibility index (Phi) is 5.31.